The number of rotatable bonds is 8. The lowest BCUT2D eigenvalue weighted by Gasteiger charge is -2.37. The van der Waals surface area contributed by atoms with Crippen LogP contribution >= 0.6 is 0 Å². The molecule has 0 amide bonds. The Hall–Kier alpha value is -1.97. The summed E-state index contributed by atoms with van der Waals surface area (Å²) >= 11 is 0. The predicted molar refractivity (Wildman–Crippen MR) is 107 cm³/mol. The Morgan fingerprint density at radius 1 is 1.19 bits per heavy atom. The molecule has 2 bridgehead atoms. The summed E-state index contributed by atoms with van der Waals surface area (Å²) in [6.45, 7) is 6.36. The van der Waals surface area contributed by atoms with E-state index in [-0.39, 0.29) is 11.3 Å². The molecule has 0 spiro atoms. The van der Waals surface area contributed by atoms with E-state index in [1.807, 2.05) is 0 Å². The molecule has 1 N–H and O–H groups in total. The Labute approximate surface area is 162 Å². The van der Waals surface area contributed by atoms with Crippen molar-refractivity contribution in [1.82, 2.24) is 0 Å². The third kappa shape index (κ3) is 2.84. The maximum Gasteiger partial charge on any atom is 0.314 e. The van der Waals surface area contributed by atoms with Gasteiger partial charge in [0.25, 0.3) is 0 Å². The minimum Gasteiger partial charge on any atom is -0.496 e. The Balaban J connectivity index is 2.11. The summed E-state index contributed by atoms with van der Waals surface area (Å²) in [5.41, 5.74) is 1.65. The van der Waals surface area contributed by atoms with E-state index < -0.39 is 11.4 Å². The van der Waals surface area contributed by atoms with Gasteiger partial charge in [0.15, 0.2) is 0 Å². The average Bonchev–Trinajstić information content (AvgIpc) is 3.04. The molecule has 0 radical (unpaired) electrons. The van der Waals surface area contributed by atoms with Crippen LogP contribution in [0.3, 0.4) is 0 Å². The summed E-state index contributed by atoms with van der Waals surface area (Å²) in [5, 5.41) is 10.3. The zero-order chi connectivity index (χ0) is 19.8. The van der Waals surface area contributed by atoms with Gasteiger partial charge in [0.1, 0.15) is 11.5 Å². The van der Waals surface area contributed by atoms with Crippen LogP contribution in [-0.4, -0.2) is 25.3 Å². The molecule has 0 heterocycles. The number of methoxy groups -OCH3 is 2. The van der Waals surface area contributed by atoms with Crippen molar-refractivity contribution >= 4 is 11.5 Å². The minimum absolute atomic E-state index is 0.266. The van der Waals surface area contributed by atoms with E-state index in [9.17, 15) is 9.90 Å². The molecule has 3 rings (SSSR count). The smallest absolute Gasteiger partial charge is 0.314 e. The third-order valence-corrected chi connectivity index (χ3v) is 6.95. The van der Waals surface area contributed by atoms with Crippen LogP contribution in [0.2, 0.25) is 0 Å². The number of unbranched alkanes of at least 4 members (excludes halogenated alkanes) is 2. The Bertz CT molecular complexity index is 737. The van der Waals surface area contributed by atoms with Crippen LogP contribution in [0.4, 0.5) is 0 Å². The third-order valence-electron chi connectivity index (χ3n) is 6.95. The van der Waals surface area contributed by atoms with Crippen LogP contribution in [-0.2, 0) is 11.2 Å². The monoisotopic (exact) mass is 372 g/mol. The van der Waals surface area contributed by atoms with Gasteiger partial charge in [-0.05, 0) is 60.3 Å². The predicted octanol–water partition coefficient (Wildman–Crippen LogP) is 5.34. The molecule has 1 saturated carbocycles. The molecule has 2 atom stereocenters. The van der Waals surface area contributed by atoms with E-state index in [0.29, 0.717) is 6.42 Å². The number of fused-ring (bicyclic) bond motifs is 2. The maximum atomic E-state index is 12.5. The minimum atomic E-state index is -0.887. The molecule has 4 heteroatoms. The summed E-state index contributed by atoms with van der Waals surface area (Å²) in [6.07, 6.45) is 8.21. The molecule has 0 aliphatic heterocycles. The molecule has 148 valence electrons. The number of allylic oxidation sites excluding steroid dienone is 1. The number of carboxylic acid groups (broad SMARTS) is 1. The molecule has 2 unspecified atom stereocenters. The number of aliphatic carboxylic acids is 1. The highest BCUT2D eigenvalue weighted by molar-refractivity contribution is 5.98. The van der Waals surface area contributed by atoms with Crippen molar-refractivity contribution in [1.29, 1.82) is 0 Å². The van der Waals surface area contributed by atoms with Crippen molar-refractivity contribution in [2.45, 2.75) is 59.3 Å². The fourth-order valence-electron chi connectivity index (χ4n) is 5.24. The van der Waals surface area contributed by atoms with Crippen molar-refractivity contribution < 1.29 is 19.4 Å². The van der Waals surface area contributed by atoms with E-state index in [0.717, 1.165) is 41.9 Å². The van der Waals surface area contributed by atoms with Gasteiger partial charge < -0.3 is 14.6 Å². The zero-order valence-corrected chi connectivity index (χ0v) is 17.2. The van der Waals surface area contributed by atoms with E-state index in [1.54, 1.807) is 14.2 Å². The molecule has 1 fully saturated rings. The quantitative estimate of drug-likeness (QED) is 0.626. The zero-order valence-electron chi connectivity index (χ0n) is 17.2. The fourth-order valence-corrected chi connectivity index (χ4v) is 5.24. The Morgan fingerprint density at radius 2 is 1.81 bits per heavy atom. The number of aryl methyl sites for hydroxylation is 1. The van der Waals surface area contributed by atoms with Gasteiger partial charge in [-0.15, -0.1) is 0 Å². The van der Waals surface area contributed by atoms with E-state index in [1.165, 1.54) is 18.4 Å². The lowest BCUT2D eigenvalue weighted by Crippen LogP contribution is -2.40. The van der Waals surface area contributed by atoms with Gasteiger partial charge in [-0.1, -0.05) is 39.7 Å². The second-order valence-corrected chi connectivity index (χ2v) is 8.49. The van der Waals surface area contributed by atoms with Crippen LogP contribution < -0.4 is 9.47 Å². The summed E-state index contributed by atoms with van der Waals surface area (Å²) in [5.74, 6) is 0.962. The number of hydrogen-bond donors (Lipinski definition) is 1. The summed E-state index contributed by atoms with van der Waals surface area (Å²) in [4.78, 5) is 12.5. The molecule has 27 heavy (non-hydrogen) atoms. The fraction of sp³-hybridized carbons (Fsp3) is 0.609. The molecular formula is C23H32O4. The number of carbonyl (C=O) groups is 1. The van der Waals surface area contributed by atoms with Gasteiger partial charge in [-0.3, -0.25) is 4.79 Å². The lowest BCUT2D eigenvalue weighted by molar-refractivity contribution is -0.149. The van der Waals surface area contributed by atoms with Crippen LogP contribution in [0, 0.1) is 16.7 Å². The molecule has 2 aliphatic carbocycles. The molecule has 0 saturated heterocycles. The van der Waals surface area contributed by atoms with Crippen molar-refractivity contribution in [3.05, 3.63) is 29.3 Å². The topological polar surface area (TPSA) is 55.8 Å². The van der Waals surface area contributed by atoms with Crippen LogP contribution in [0.25, 0.3) is 5.57 Å². The average molecular weight is 373 g/mol. The summed E-state index contributed by atoms with van der Waals surface area (Å²) in [7, 11) is 3.31. The van der Waals surface area contributed by atoms with Gasteiger partial charge in [0.2, 0.25) is 0 Å². The second-order valence-electron chi connectivity index (χ2n) is 8.49. The first kappa shape index (κ1) is 19.8. The highest BCUT2D eigenvalue weighted by Gasteiger charge is 2.65. The van der Waals surface area contributed by atoms with Gasteiger partial charge in [-0.25, -0.2) is 0 Å². The number of ether oxygens (including phenoxy) is 2. The highest BCUT2D eigenvalue weighted by Crippen LogP contribution is 2.69. The van der Waals surface area contributed by atoms with Gasteiger partial charge in [0.05, 0.1) is 25.2 Å². The normalized spacial score (nSPS) is 25.4. The molecule has 1 aromatic rings. The van der Waals surface area contributed by atoms with Gasteiger partial charge >= 0.3 is 5.97 Å². The van der Waals surface area contributed by atoms with E-state index in [4.69, 9.17) is 9.47 Å². The largest absolute Gasteiger partial charge is 0.496 e. The standard InChI is InChI=1S/C23H32O4/c1-6-7-8-9-15-12-18(26-4)20(19(13-15)27-5)17-14-16-10-11-23(17,21(24)25)22(16,2)3/h12-14,16H,6-11H2,1-5H3,(H,24,25). The van der Waals surface area contributed by atoms with Crippen molar-refractivity contribution in [3.8, 4) is 11.5 Å². The first-order valence-electron chi connectivity index (χ1n) is 10.0. The molecule has 4 nitrogen and oxygen atoms in total. The SMILES string of the molecule is CCCCCc1cc(OC)c(C2=CC3CCC2(C(=O)O)C3(C)C)c(OC)c1. The van der Waals surface area contributed by atoms with Gasteiger partial charge in [0, 0.05) is 0 Å². The van der Waals surface area contributed by atoms with E-state index in [2.05, 4.69) is 39.0 Å². The molecule has 0 aromatic heterocycles. The maximum absolute atomic E-state index is 12.5. The second kappa shape index (κ2) is 7.21. The number of hydrogen-bond acceptors (Lipinski definition) is 3. The number of benzene rings is 1. The van der Waals surface area contributed by atoms with Gasteiger partial charge in [-0.2, -0.15) is 0 Å². The number of carboxylic acids is 1. The molecule has 2 aliphatic rings. The van der Waals surface area contributed by atoms with Crippen LogP contribution in [0.5, 0.6) is 11.5 Å². The molecule has 1 aromatic carbocycles. The van der Waals surface area contributed by atoms with Crippen molar-refractivity contribution in [3.63, 3.8) is 0 Å². The summed E-state index contributed by atoms with van der Waals surface area (Å²) in [6, 6.07) is 4.12. The Kier molecular flexibility index (Phi) is 5.29. The Morgan fingerprint density at radius 3 is 2.30 bits per heavy atom. The summed E-state index contributed by atoms with van der Waals surface area (Å²) < 4.78 is 11.5. The van der Waals surface area contributed by atoms with Crippen molar-refractivity contribution in [2.24, 2.45) is 16.7 Å². The first-order chi connectivity index (χ1) is 12.8. The first-order valence-corrected chi connectivity index (χ1v) is 10.0. The lowest BCUT2D eigenvalue weighted by atomic mass is 9.64. The highest BCUT2D eigenvalue weighted by atomic mass is 16.5. The van der Waals surface area contributed by atoms with Crippen LogP contribution in [0.15, 0.2) is 18.2 Å². The van der Waals surface area contributed by atoms with Crippen LogP contribution in [0.1, 0.15) is 64.0 Å². The molecular weight excluding hydrogens is 340 g/mol. The van der Waals surface area contributed by atoms with E-state index >= 15 is 0 Å². The van der Waals surface area contributed by atoms with Crippen molar-refractivity contribution in [2.75, 3.05) is 14.2 Å².